The zero-order valence-electron chi connectivity index (χ0n) is 11.8. The third-order valence-corrected chi connectivity index (χ3v) is 3.02. The van der Waals surface area contributed by atoms with Crippen molar-refractivity contribution < 1.29 is 14.5 Å². The molecule has 1 rings (SSSR count). The van der Waals surface area contributed by atoms with Gasteiger partial charge >= 0.3 is 11.8 Å². The minimum atomic E-state index is -0.395. The van der Waals surface area contributed by atoms with E-state index in [0.717, 1.165) is 29.5 Å². The predicted octanol–water partition coefficient (Wildman–Crippen LogP) is 1.21. The van der Waals surface area contributed by atoms with Gasteiger partial charge < -0.3 is 4.74 Å². The van der Waals surface area contributed by atoms with Gasteiger partial charge in [0.15, 0.2) is 0 Å². The summed E-state index contributed by atoms with van der Waals surface area (Å²) in [6.45, 7) is 4.94. The van der Waals surface area contributed by atoms with Crippen molar-refractivity contribution in [1.29, 1.82) is 0 Å². The van der Waals surface area contributed by atoms with Crippen LogP contribution in [0.25, 0.3) is 0 Å². The van der Waals surface area contributed by atoms with Crippen LogP contribution < -0.4 is 15.8 Å². The molecule has 0 atom stereocenters. The number of ether oxygens (including phenoxy) is 1. The van der Waals surface area contributed by atoms with E-state index in [-0.39, 0.29) is 0 Å². The molecule has 0 saturated heterocycles. The number of carbonyl (C=O) groups is 1. The van der Waals surface area contributed by atoms with Gasteiger partial charge in [-0.25, -0.2) is 10.2 Å². The number of nitrogens with one attached hydrogen (secondary N) is 3. The van der Waals surface area contributed by atoms with Crippen molar-refractivity contribution in [3.05, 3.63) is 28.7 Å². The Balaban J connectivity index is 2.61. The Bertz CT molecular complexity index is 446. The topological polar surface area (TPSA) is 64.3 Å². The first-order chi connectivity index (χ1) is 9.67. The Morgan fingerprint density at radius 3 is 2.60 bits per heavy atom. The number of anilines is 1. The molecule has 0 aliphatic rings. The van der Waals surface area contributed by atoms with Crippen LogP contribution in [0.2, 0.25) is 0 Å². The first kappa shape index (κ1) is 16.5. The van der Waals surface area contributed by atoms with Crippen LogP contribution in [0.5, 0.6) is 0 Å². The highest BCUT2D eigenvalue weighted by molar-refractivity contribution is 9.10. The van der Waals surface area contributed by atoms with Crippen molar-refractivity contribution in [1.82, 2.24) is 5.43 Å². The van der Waals surface area contributed by atoms with Crippen LogP contribution in [-0.2, 0) is 9.53 Å². The van der Waals surface area contributed by atoms with Gasteiger partial charge in [-0.05, 0) is 37.6 Å². The monoisotopic (exact) mass is 342 g/mol. The zero-order valence-corrected chi connectivity index (χ0v) is 13.4. The van der Waals surface area contributed by atoms with E-state index in [4.69, 9.17) is 4.74 Å². The number of unbranched alkanes of at least 4 members (excludes halogenated alkanes) is 1. The Morgan fingerprint density at radius 1 is 1.30 bits per heavy atom. The summed E-state index contributed by atoms with van der Waals surface area (Å²) in [6.07, 6.45) is 2.05. The largest absolute Gasteiger partial charge is 0.457 e. The molecule has 1 aromatic carbocycles. The van der Waals surface area contributed by atoms with Gasteiger partial charge in [0.2, 0.25) is 0 Å². The summed E-state index contributed by atoms with van der Waals surface area (Å²) in [4.78, 5) is 14.8. The third kappa shape index (κ3) is 6.06. The maximum atomic E-state index is 11.8. The summed E-state index contributed by atoms with van der Waals surface area (Å²) in [5.41, 5.74) is 6.69. The van der Waals surface area contributed by atoms with Gasteiger partial charge in [-0.2, -0.15) is 5.43 Å². The lowest BCUT2D eigenvalue weighted by atomic mass is 10.3. The molecule has 20 heavy (non-hydrogen) atoms. The van der Waals surface area contributed by atoms with Gasteiger partial charge in [-0.1, -0.05) is 29.3 Å². The van der Waals surface area contributed by atoms with Crippen LogP contribution >= 0.6 is 15.9 Å². The quantitative estimate of drug-likeness (QED) is 0.239. The number of hydrazine groups is 1. The molecule has 0 unspecified atom stereocenters. The highest BCUT2D eigenvalue weighted by Gasteiger charge is 2.19. The van der Waals surface area contributed by atoms with Gasteiger partial charge in [0.1, 0.15) is 0 Å². The molecule has 0 bridgehead atoms. The zero-order chi connectivity index (χ0) is 14.8. The standard InChI is InChI=1S/C14H20BrN3O2/c1-3-5-10-16-13(14(19)20-4-2)18-17-12-8-6-11(15)7-9-12/h6-9,17H,3-5,10H2,1-2H3,(H,16,18)/p+1. The predicted molar refractivity (Wildman–Crippen MR) is 83.3 cm³/mol. The second kappa shape index (κ2) is 9.36. The third-order valence-electron chi connectivity index (χ3n) is 2.49. The number of hydrogen-bond acceptors (Lipinski definition) is 3. The fourth-order valence-electron chi connectivity index (χ4n) is 1.43. The number of carbonyl (C=O) groups excluding carboxylic acids is 1. The molecule has 3 N–H and O–H groups in total. The number of rotatable bonds is 6. The fraction of sp³-hybridized carbons (Fsp3) is 0.429. The molecule has 110 valence electrons. The van der Waals surface area contributed by atoms with Gasteiger partial charge in [0.05, 0.1) is 18.8 Å². The number of amidine groups is 1. The summed E-state index contributed by atoms with van der Waals surface area (Å²) >= 11 is 3.37. The molecule has 0 aliphatic heterocycles. The molecule has 0 radical (unpaired) electrons. The molecule has 0 saturated carbocycles. The summed E-state index contributed by atoms with van der Waals surface area (Å²) in [6, 6.07) is 7.62. The number of halogens is 1. The van der Waals surface area contributed by atoms with E-state index >= 15 is 0 Å². The molecule has 0 heterocycles. The van der Waals surface area contributed by atoms with Crippen molar-refractivity contribution in [3.8, 4) is 0 Å². The average molecular weight is 343 g/mol. The lowest BCUT2D eigenvalue weighted by Crippen LogP contribution is -2.78. The minimum Gasteiger partial charge on any atom is -0.457 e. The second-order valence-electron chi connectivity index (χ2n) is 4.13. The summed E-state index contributed by atoms with van der Waals surface area (Å²) in [7, 11) is 0. The summed E-state index contributed by atoms with van der Waals surface area (Å²) in [5.74, 6) is -0.0727. The molecular formula is C14H21BrN3O2+. The minimum absolute atomic E-state index is 0.322. The van der Waals surface area contributed by atoms with E-state index in [0.29, 0.717) is 12.4 Å². The average Bonchev–Trinajstić information content (AvgIpc) is 2.44. The van der Waals surface area contributed by atoms with Crippen molar-refractivity contribution in [2.75, 3.05) is 18.6 Å². The van der Waals surface area contributed by atoms with E-state index in [1.54, 1.807) is 6.92 Å². The maximum absolute atomic E-state index is 11.8. The number of hydrogen-bond donors (Lipinski definition) is 3. The van der Waals surface area contributed by atoms with Crippen molar-refractivity contribution in [2.24, 2.45) is 0 Å². The highest BCUT2D eigenvalue weighted by atomic mass is 79.9. The Kier molecular flexibility index (Phi) is 7.72. The molecular weight excluding hydrogens is 322 g/mol. The molecule has 1 aromatic rings. The smallest absolute Gasteiger partial charge is 0.423 e. The van der Waals surface area contributed by atoms with Gasteiger partial charge in [0, 0.05) is 4.47 Å². The van der Waals surface area contributed by atoms with Crippen LogP contribution in [0, 0.1) is 0 Å². The molecule has 6 heteroatoms. The van der Waals surface area contributed by atoms with E-state index in [2.05, 4.69) is 38.7 Å². The normalized spacial score (nSPS) is 11.1. The Labute approximate surface area is 127 Å². The number of benzene rings is 1. The van der Waals surface area contributed by atoms with E-state index in [1.807, 2.05) is 24.3 Å². The van der Waals surface area contributed by atoms with E-state index < -0.39 is 5.97 Å². The van der Waals surface area contributed by atoms with Gasteiger partial charge in [-0.15, -0.1) is 0 Å². The lowest BCUT2D eigenvalue weighted by Gasteiger charge is -2.05. The summed E-state index contributed by atoms with van der Waals surface area (Å²) in [5, 5.41) is 0. The summed E-state index contributed by atoms with van der Waals surface area (Å²) < 4.78 is 5.99. The lowest BCUT2D eigenvalue weighted by molar-refractivity contribution is -0.459. The number of esters is 1. The van der Waals surface area contributed by atoms with Crippen LogP contribution in [0.1, 0.15) is 26.7 Å². The SMILES string of the molecule is CCCC[NH+]=C(NNc1ccc(Br)cc1)C(=O)OCC. The van der Waals surface area contributed by atoms with Gasteiger partial charge in [-0.3, -0.25) is 4.99 Å². The fourth-order valence-corrected chi connectivity index (χ4v) is 1.69. The first-order valence-corrected chi connectivity index (χ1v) is 7.52. The molecule has 5 nitrogen and oxygen atoms in total. The van der Waals surface area contributed by atoms with Crippen LogP contribution in [0.15, 0.2) is 28.7 Å². The highest BCUT2D eigenvalue weighted by Crippen LogP contribution is 2.12. The van der Waals surface area contributed by atoms with Crippen molar-refractivity contribution in [2.45, 2.75) is 26.7 Å². The molecule has 0 aliphatic carbocycles. The molecule has 0 aromatic heterocycles. The van der Waals surface area contributed by atoms with Crippen LogP contribution in [-0.4, -0.2) is 25.0 Å². The maximum Gasteiger partial charge on any atom is 0.423 e. The van der Waals surface area contributed by atoms with Crippen molar-refractivity contribution in [3.63, 3.8) is 0 Å². The molecule has 0 spiro atoms. The van der Waals surface area contributed by atoms with Crippen molar-refractivity contribution >= 4 is 33.4 Å². The van der Waals surface area contributed by atoms with Crippen LogP contribution in [0.3, 0.4) is 0 Å². The second-order valence-corrected chi connectivity index (χ2v) is 5.05. The molecule has 0 amide bonds. The molecule has 0 fully saturated rings. The van der Waals surface area contributed by atoms with Gasteiger partial charge in [0.25, 0.3) is 0 Å². The van der Waals surface area contributed by atoms with E-state index in [1.165, 1.54) is 0 Å². The first-order valence-electron chi connectivity index (χ1n) is 6.73. The Hall–Kier alpha value is -1.56. The van der Waals surface area contributed by atoms with Crippen LogP contribution in [0.4, 0.5) is 5.69 Å². The van der Waals surface area contributed by atoms with E-state index in [9.17, 15) is 4.79 Å². The Morgan fingerprint density at radius 2 is 2.00 bits per heavy atom.